The number of aromatic nitrogens is 1. The van der Waals surface area contributed by atoms with Crippen LogP contribution < -0.4 is 5.73 Å². The van der Waals surface area contributed by atoms with Gasteiger partial charge in [0.05, 0.1) is 11.4 Å². The van der Waals surface area contributed by atoms with Gasteiger partial charge in [0.25, 0.3) is 0 Å². The van der Waals surface area contributed by atoms with E-state index in [1.807, 2.05) is 30.3 Å². The van der Waals surface area contributed by atoms with Crippen molar-refractivity contribution in [2.24, 2.45) is 0 Å². The molecule has 0 aliphatic carbocycles. The van der Waals surface area contributed by atoms with E-state index in [4.69, 9.17) is 5.73 Å². The van der Waals surface area contributed by atoms with Gasteiger partial charge in [0, 0.05) is 17.8 Å². The monoisotopic (exact) mass is 169 g/mol. The van der Waals surface area contributed by atoms with Gasteiger partial charge in [0.15, 0.2) is 0 Å². The van der Waals surface area contributed by atoms with E-state index < -0.39 is 0 Å². The van der Waals surface area contributed by atoms with E-state index in [2.05, 4.69) is 11.1 Å². The van der Waals surface area contributed by atoms with Crippen LogP contribution in [-0.4, -0.2) is 4.98 Å². The van der Waals surface area contributed by atoms with Gasteiger partial charge < -0.3 is 5.73 Å². The predicted molar refractivity (Wildman–Crippen MR) is 52.9 cm³/mol. The summed E-state index contributed by atoms with van der Waals surface area (Å²) in [5.74, 6) is 0. The Labute approximate surface area is 77.0 Å². The summed E-state index contributed by atoms with van der Waals surface area (Å²) in [6, 6.07) is 14.5. The van der Waals surface area contributed by atoms with E-state index in [9.17, 15) is 0 Å². The molecule has 0 bridgehead atoms. The average Bonchev–Trinajstić information content (AvgIpc) is 2.20. The molecule has 2 N–H and O–H groups in total. The summed E-state index contributed by atoms with van der Waals surface area (Å²) in [4.78, 5) is 4.19. The summed E-state index contributed by atoms with van der Waals surface area (Å²) in [6.45, 7) is 0. The van der Waals surface area contributed by atoms with Crippen LogP contribution in [0.4, 0.5) is 5.69 Å². The first-order valence-electron chi connectivity index (χ1n) is 4.05. The molecule has 0 atom stereocenters. The van der Waals surface area contributed by atoms with Crippen LogP contribution in [0, 0.1) is 6.07 Å². The van der Waals surface area contributed by atoms with Crippen LogP contribution in [0.5, 0.6) is 0 Å². The Morgan fingerprint density at radius 3 is 2.62 bits per heavy atom. The molecule has 1 aromatic carbocycles. The number of rotatable bonds is 1. The third kappa shape index (κ3) is 1.51. The van der Waals surface area contributed by atoms with Crippen LogP contribution in [0.25, 0.3) is 11.3 Å². The number of anilines is 1. The molecule has 0 saturated heterocycles. The lowest BCUT2D eigenvalue weighted by Gasteiger charge is -2.02. The topological polar surface area (TPSA) is 38.9 Å². The van der Waals surface area contributed by atoms with Crippen molar-refractivity contribution in [3.05, 3.63) is 48.7 Å². The molecule has 2 aromatic rings. The maximum Gasteiger partial charge on any atom is 0.0937 e. The molecule has 1 aromatic heterocycles. The molecule has 1 radical (unpaired) electrons. The number of pyridine rings is 1. The summed E-state index contributed by atoms with van der Waals surface area (Å²) >= 11 is 0. The SMILES string of the molecule is Nc1[c]ccnc1-c1ccccc1. The van der Waals surface area contributed by atoms with Crippen LogP contribution in [0.3, 0.4) is 0 Å². The lowest BCUT2D eigenvalue weighted by Crippen LogP contribution is -1.92. The normalized spacial score (nSPS) is 9.85. The van der Waals surface area contributed by atoms with Crippen molar-refractivity contribution in [2.75, 3.05) is 5.73 Å². The minimum absolute atomic E-state index is 0.591. The predicted octanol–water partition coefficient (Wildman–Crippen LogP) is 2.13. The smallest absolute Gasteiger partial charge is 0.0937 e. The molecular weight excluding hydrogens is 160 g/mol. The zero-order valence-electron chi connectivity index (χ0n) is 7.07. The second-order valence-electron chi connectivity index (χ2n) is 2.72. The molecule has 0 amide bonds. The Morgan fingerprint density at radius 2 is 1.92 bits per heavy atom. The highest BCUT2D eigenvalue weighted by Gasteiger charge is 2.00. The molecule has 2 nitrogen and oxygen atoms in total. The first kappa shape index (κ1) is 7.80. The van der Waals surface area contributed by atoms with Crippen molar-refractivity contribution < 1.29 is 0 Å². The maximum absolute atomic E-state index is 5.73. The minimum Gasteiger partial charge on any atom is -0.396 e. The van der Waals surface area contributed by atoms with E-state index in [0.29, 0.717) is 5.69 Å². The van der Waals surface area contributed by atoms with E-state index in [0.717, 1.165) is 11.3 Å². The largest absolute Gasteiger partial charge is 0.396 e. The fourth-order valence-electron chi connectivity index (χ4n) is 1.20. The lowest BCUT2D eigenvalue weighted by atomic mass is 10.1. The number of nitrogens with two attached hydrogens (primary N) is 1. The van der Waals surface area contributed by atoms with Gasteiger partial charge in [0.1, 0.15) is 0 Å². The van der Waals surface area contributed by atoms with Crippen molar-refractivity contribution in [2.45, 2.75) is 0 Å². The lowest BCUT2D eigenvalue weighted by molar-refractivity contribution is 1.33. The molecule has 0 aliphatic heterocycles. The summed E-state index contributed by atoms with van der Waals surface area (Å²) in [5, 5.41) is 0. The van der Waals surface area contributed by atoms with Gasteiger partial charge in [-0.25, -0.2) is 0 Å². The van der Waals surface area contributed by atoms with Gasteiger partial charge >= 0.3 is 0 Å². The average molecular weight is 169 g/mol. The Kier molecular flexibility index (Phi) is 1.96. The number of nitrogens with zero attached hydrogens (tertiary/aromatic N) is 1. The highest BCUT2D eigenvalue weighted by molar-refractivity contribution is 5.71. The Morgan fingerprint density at radius 1 is 1.15 bits per heavy atom. The Balaban J connectivity index is 2.54. The van der Waals surface area contributed by atoms with Gasteiger partial charge in [-0.3, -0.25) is 4.98 Å². The fourth-order valence-corrected chi connectivity index (χ4v) is 1.20. The van der Waals surface area contributed by atoms with Crippen LogP contribution in [-0.2, 0) is 0 Å². The molecule has 2 heteroatoms. The minimum atomic E-state index is 0.591. The van der Waals surface area contributed by atoms with Crippen molar-refractivity contribution in [1.82, 2.24) is 4.98 Å². The third-order valence-electron chi connectivity index (χ3n) is 1.82. The molecule has 63 valence electrons. The van der Waals surface area contributed by atoms with E-state index in [-0.39, 0.29) is 0 Å². The second kappa shape index (κ2) is 3.27. The molecule has 0 fully saturated rings. The van der Waals surface area contributed by atoms with E-state index >= 15 is 0 Å². The van der Waals surface area contributed by atoms with Crippen molar-refractivity contribution in [1.29, 1.82) is 0 Å². The zero-order chi connectivity index (χ0) is 9.10. The number of hydrogen-bond acceptors (Lipinski definition) is 2. The Bertz CT molecular complexity index is 396. The van der Waals surface area contributed by atoms with Gasteiger partial charge in [-0.2, -0.15) is 0 Å². The van der Waals surface area contributed by atoms with Crippen LogP contribution in [0.2, 0.25) is 0 Å². The van der Waals surface area contributed by atoms with Crippen LogP contribution >= 0.6 is 0 Å². The van der Waals surface area contributed by atoms with Gasteiger partial charge in [-0.05, 0) is 6.07 Å². The highest BCUT2D eigenvalue weighted by atomic mass is 14.7. The quantitative estimate of drug-likeness (QED) is 0.710. The summed E-state index contributed by atoms with van der Waals surface area (Å²) in [6.07, 6.45) is 1.69. The molecule has 2 rings (SSSR count). The molecule has 0 unspecified atom stereocenters. The first-order valence-corrected chi connectivity index (χ1v) is 4.05. The van der Waals surface area contributed by atoms with Gasteiger partial charge in [-0.1, -0.05) is 30.3 Å². The zero-order valence-corrected chi connectivity index (χ0v) is 7.07. The standard InChI is InChI=1S/C11H9N2/c12-10-7-4-8-13-11(10)9-5-2-1-3-6-9/h1-6,8H,12H2. The fraction of sp³-hybridized carbons (Fsp3) is 0. The van der Waals surface area contributed by atoms with Crippen molar-refractivity contribution in [3.8, 4) is 11.3 Å². The second-order valence-corrected chi connectivity index (χ2v) is 2.72. The van der Waals surface area contributed by atoms with Crippen molar-refractivity contribution in [3.63, 3.8) is 0 Å². The summed E-state index contributed by atoms with van der Waals surface area (Å²) in [5.41, 5.74) is 8.15. The van der Waals surface area contributed by atoms with Crippen molar-refractivity contribution >= 4 is 5.69 Å². The molecule has 13 heavy (non-hydrogen) atoms. The van der Waals surface area contributed by atoms with Crippen LogP contribution in [0.15, 0.2) is 42.6 Å². The van der Waals surface area contributed by atoms with Crippen LogP contribution in [0.1, 0.15) is 0 Å². The number of hydrogen-bond donors (Lipinski definition) is 1. The van der Waals surface area contributed by atoms with E-state index in [1.165, 1.54) is 0 Å². The van der Waals surface area contributed by atoms with Gasteiger partial charge in [-0.15, -0.1) is 0 Å². The molecule has 0 aliphatic rings. The number of benzene rings is 1. The summed E-state index contributed by atoms with van der Waals surface area (Å²) < 4.78 is 0. The molecular formula is C11H9N2. The molecule has 1 heterocycles. The Hall–Kier alpha value is -1.83. The molecule has 0 spiro atoms. The van der Waals surface area contributed by atoms with Gasteiger partial charge in [0.2, 0.25) is 0 Å². The third-order valence-corrected chi connectivity index (χ3v) is 1.82. The van der Waals surface area contributed by atoms with E-state index in [1.54, 1.807) is 12.3 Å². The first-order chi connectivity index (χ1) is 6.38. The summed E-state index contributed by atoms with van der Waals surface area (Å²) in [7, 11) is 0. The highest BCUT2D eigenvalue weighted by Crippen LogP contribution is 2.21. The molecule has 0 saturated carbocycles. The number of nitrogen functional groups attached to an aromatic ring is 1. The maximum atomic E-state index is 5.73.